The lowest BCUT2D eigenvalue weighted by Crippen LogP contribution is -2.52. The van der Waals surface area contributed by atoms with E-state index in [9.17, 15) is 9.59 Å². The molecule has 120 valence electrons. The molecule has 1 aromatic heterocycles. The molecule has 1 amide bonds. The minimum atomic E-state index is -0.847. The zero-order valence-electron chi connectivity index (χ0n) is 12.8. The van der Waals surface area contributed by atoms with Gasteiger partial charge in [-0.2, -0.15) is 0 Å². The van der Waals surface area contributed by atoms with Crippen LogP contribution in [0.5, 0.6) is 0 Å². The molecule has 2 heterocycles. The zero-order valence-corrected chi connectivity index (χ0v) is 12.8. The van der Waals surface area contributed by atoms with Gasteiger partial charge in [-0.3, -0.25) is 9.36 Å². The zero-order chi connectivity index (χ0) is 16.0. The van der Waals surface area contributed by atoms with Crippen molar-refractivity contribution in [2.75, 3.05) is 13.1 Å². The van der Waals surface area contributed by atoms with Crippen LogP contribution in [0, 0.1) is 5.41 Å². The Bertz CT molecular complexity index is 821. The van der Waals surface area contributed by atoms with E-state index in [0.717, 1.165) is 31.2 Å². The van der Waals surface area contributed by atoms with Crippen LogP contribution in [0.3, 0.4) is 0 Å². The summed E-state index contributed by atoms with van der Waals surface area (Å²) >= 11 is 0. The number of aromatic nitrogens is 2. The first-order valence-electron chi connectivity index (χ1n) is 8.04. The van der Waals surface area contributed by atoms with Crippen LogP contribution < -0.4 is 5.56 Å². The molecule has 1 unspecified atom stereocenters. The van der Waals surface area contributed by atoms with Crippen molar-refractivity contribution in [3.63, 3.8) is 0 Å². The van der Waals surface area contributed by atoms with E-state index in [-0.39, 0.29) is 17.0 Å². The van der Waals surface area contributed by atoms with E-state index >= 15 is 0 Å². The molecule has 2 aliphatic rings. The minimum Gasteiger partial charge on any atom is -0.465 e. The van der Waals surface area contributed by atoms with E-state index in [1.807, 2.05) is 24.3 Å². The number of likely N-dealkylation sites (tertiary alicyclic amines) is 1. The SMILES string of the molecule is O=C(O)N1CCC2(CCC2n2cnc3ccccc3c2=O)CC1. The van der Waals surface area contributed by atoms with Crippen LogP contribution in [0.2, 0.25) is 0 Å². The van der Waals surface area contributed by atoms with Crippen LogP contribution >= 0.6 is 0 Å². The molecule has 0 radical (unpaired) electrons. The van der Waals surface area contributed by atoms with Gasteiger partial charge in [-0.1, -0.05) is 12.1 Å². The van der Waals surface area contributed by atoms with Crippen LogP contribution in [-0.4, -0.2) is 38.7 Å². The molecule has 4 rings (SSSR count). The van der Waals surface area contributed by atoms with Gasteiger partial charge in [-0.25, -0.2) is 9.78 Å². The molecule has 6 nitrogen and oxygen atoms in total. The third kappa shape index (κ3) is 2.12. The fourth-order valence-corrected chi connectivity index (χ4v) is 4.15. The van der Waals surface area contributed by atoms with Crippen molar-refractivity contribution in [2.24, 2.45) is 5.41 Å². The summed E-state index contributed by atoms with van der Waals surface area (Å²) in [5, 5.41) is 9.76. The lowest BCUT2D eigenvalue weighted by molar-refractivity contribution is -0.0227. The van der Waals surface area contributed by atoms with Crippen molar-refractivity contribution < 1.29 is 9.90 Å². The van der Waals surface area contributed by atoms with Crippen molar-refractivity contribution >= 4 is 17.0 Å². The third-order valence-corrected chi connectivity index (χ3v) is 5.68. The highest BCUT2D eigenvalue weighted by molar-refractivity contribution is 5.76. The molecule has 1 N–H and O–H groups in total. The van der Waals surface area contributed by atoms with Crippen LogP contribution in [0.4, 0.5) is 4.79 Å². The first-order chi connectivity index (χ1) is 11.1. The van der Waals surface area contributed by atoms with E-state index < -0.39 is 6.09 Å². The Morgan fingerprint density at radius 3 is 2.61 bits per heavy atom. The maximum Gasteiger partial charge on any atom is 0.407 e. The van der Waals surface area contributed by atoms with Crippen molar-refractivity contribution in [3.05, 3.63) is 40.9 Å². The Labute approximate surface area is 133 Å². The van der Waals surface area contributed by atoms with Gasteiger partial charge in [0.15, 0.2) is 0 Å². The number of hydrogen-bond donors (Lipinski definition) is 1. The summed E-state index contributed by atoms with van der Waals surface area (Å²) < 4.78 is 1.78. The van der Waals surface area contributed by atoms with E-state index in [2.05, 4.69) is 4.98 Å². The molecule has 1 aliphatic heterocycles. The number of carbonyl (C=O) groups is 1. The van der Waals surface area contributed by atoms with Gasteiger partial charge in [0.2, 0.25) is 0 Å². The standard InChI is InChI=1S/C17H19N3O3/c21-15-12-3-1-2-4-13(12)18-11-20(15)14-5-6-17(14)7-9-19(10-8-17)16(22)23/h1-4,11,14H,5-10H2,(H,22,23). The Morgan fingerprint density at radius 1 is 1.22 bits per heavy atom. The smallest absolute Gasteiger partial charge is 0.407 e. The summed E-state index contributed by atoms with van der Waals surface area (Å²) in [5.74, 6) is 0. The summed E-state index contributed by atoms with van der Waals surface area (Å²) in [4.78, 5) is 29.8. The van der Waals surface area contributed by atoms with E-state index in [1.165, 1.54) is 4.90 Å². The van der Waals surface area contributed by atoms with Gasteiger partial charge in [-0.15, -0.1) is 0 Å². The van der Waals surface area contributed by atoms with Crippen molar-refractivity contribution in [1.82, 2.24) is 14.5 Å². The fraction of sp³-hybridized carbons (Fsp3) is 0.471. The second-order valence-corrected chi connectivity index (χ2v) is 6.66. The number of rotatable bonds is 1. The number of fused-ring (bicyclic) bond motifs is 1. The molecule has 1 atom stereocenters. The Hall–Kier alpha value is -2.37. The van der Waals surface area contributed by atoms with Crippen LogP contribution in [-0.2, 0) is 0 Å². The van der Waals surface area contributed by atoms with Crippen molar-refractivity contribution in [3.8, 4) is 0 Å². The number of carboxylic acid groups (broad SMARTS) is 1. The quantitative estimate of drug-likeness (QED) is 0.877. The second kappa shape index (κ2) is 5.08. The molecule has 1 spiro atoms. The number of benzene rings is 1. The number of nitrogens with zero attached hydrogens (tertiary/aromatic N) is 3. The molecule has 6 heteroatoms. The largest absolute Gasteiger partial charge is 0.465 e. The summed E-state index contributed by atoms with van der Waals surface area (Å²) in [7, 11) is 0. The summed E-state index contributed by atoms with van der Waals surface area (Å²) in [6.07, 6.45) is 4.49. The van der Waals surface area contributed by atoms with Gasteiger partial charge >= 0.3 is 6.09 Å². The molecular weight excluding hydrogens is 294 g/mol. The predicted octanol–water partition coefficient (Wildman–Crippen LogP) is 2.49. The average Bonchev–Trinajstić information content (AvgIpc) is 2.56. The van der Waals surface area contributed by atoms with E-state index in [0.29, 0.717) is 18.5 Å². The number of para-hydroxylation sites is 1. The first kappa shape index (κ1) is 14.2. The summed E-state index contributed by atoms with van der Waals surface area (Å²) in [6, 6.07) is 7.55. The highest BCUT2D eigenvalue weighted by Crippen LogP contribution is 2.55. The minimum absolute atomic E-state index is 0.0142. The monoisotopic (exact) mass is 313 g/mol. The Kier molecular flexibility index (Phi) is 3.14. The van der Waals surface area contributed by atoms with Gasteiger partial charge in [0.05, 0.1) is 17.2 Å². The van der Waals surface area contributed by atoms with Crippen LogP contribution in [0.25, 0.3) is 10.9 Å². The normalized spacial score (nSPS) is 23.0. The second-order valence-electron chi connectivity index (χ2n) is 6.66. The van der Waals surface area contributed by atoms with Gasteiger partial charge in [0.25, 0.3) is 5.56 Å². The van der Waals surface area contributed by atoms with E-state index in [4.69, 9.17) is 5.11 Å². The number of piperidine rings is 1. The van der Waals surface area contributed by atoms with Crippen molar-refractivity contribution in [2.45, 2.75) is 31.7 Å². The molecule has 1 aromatic carbocycles. The molecule has 1 saturated carbocycles. The Balaban J connectivity index is 1.66. The molecule has 1 saturated heterocycles. The fourth-order valence-electron chi connectivity index (χ4n) is 4.15. The maximum atomic E-state index is 12.8. The molecule has 2 aromatic rings. The lowest BCUT2D eigenvalue weighted by atomic mass is 9.59. The lowest BCUT2D eigenvalue weighted by Gasteiger charge is -2.53. The highest BCUT2D eigenvalue weighted by Gasteiger charge is 2.50. The molecule has 1 aliphatic carbocycles. The van der Waals surface area contributed by atoms with Crippen LogP contribution in [0.1, 0.15) is 31.7 Å². The first-order valence-corrected chi connectivity index (χ1v) is 8.04. The van der Waals surface area contributed by atoms with Crippen LogP contribution in [0.15, 0.2) is 35.4 Å². The highest BCUT2D eigenvalue weighted by atomic mass is 16.4. The number of amides is 1. The Morgan fingerprint density at radius 2 is 1.96 bits per heavy atom. The predicted molar refractivity (Wildman–Crippen MR) is 85.5 cm³/mol. The topological polar surface area (TPSA) is 75.4 Å². The number of hydrogen-bond acceptors (Lipinski definition) is 3. The molecule has 0 bridgehead atoms. The summed E-state index contributed by atoms with van der Waals surface area (Å²) in [5.41, 5.74) is 0.795. The third-order valence-electron chi connectivity index (χ3n) is 5.68. The molecule has 2 fully saturated rings. The van der Waals surface area contributed by atoms with Gasteiger partial charge in [0, 0.05) is 19.1 Å². The molecule has 23 heavy (non-hydrogen) atoms. The maximum absolute atomic E-state index is 12.8. The molecular formula is C17H19N3O3. The van der Waals surface area contributed by atoms with Crippen molar-refractivity contribution in [1.29, 1.82) is 0 Å². The summed E-state index contributed by atoms with van der Waals surface area (Å²) in [6.45, 7) is 1.11. The van der Waals surface area contributed by atoms with Gasteiger partial charge < -0.3 is 10.0 Å². The van der Waals surface area contributed by atoms with Gasteiger partial charge in [-0.05, 0) is 43.2 Å². The van der Waals surface area contributed by atoms with E-state index in [1.54, 1.807) is 10.9 Å². The van der Waals surface area contributed by atoms with Gasteiger partial charge in [0.1, 0.15) is 0 Å². The average molecular weight is 313 g/mol.